The highest BCUT2D eigenvalue weighted by molar-refractivity contribution is 5.63. The van der Waals surface area contributed by atoms with Gasteiger partial charge in [0.15, 0.2) is 0 Å². The van der Waals surface area contributed by atoms with Gasteiger partial charge in [-0.25, -0.2) is 18.8 Å². The van der Waals surface area contributed by atoms with Crippen molar-refractivity contribution in [1.29, 1.82) is 0 Å². The van der Waals surface area contributed by atoms with E-state index in [-0.39, 0.29) is 17.5 Å². The van der Waals surface area contributed by atoms with Crippen molar-refractivity contribution in [3.8, 4) is 5.88 Å². The van der Waals surface area contributed by atoms with E-state index < -0.39 is 6.43 Å². The molecule has 4 nitrogen and oxygen atoms in total. The molecular weight excluding hydrogens is 336 g/mol. The third-order valence-corrected chi connectivity index (χ3v) is 5.25. The highest BCUT2D eigenvalue weighted by Crippen LogP contribution is 2.36. The summed E-state index contributed by atoms with van der Waals surface area (Å²) in [5.41, 5.74) is 0.880. The van der Waals surface area contributed by atoms with Crippen LogP contribution in [0, 0.1) is 18.8 Å². The first-order valence-electron chi connectivity index (χ1n) is 9.52. The lowest BCUT2D eigenvalue weighted by atomic mass is 9.80. The second-order valence-corrected chi connectivity index (χ2v) is 7.50. The van der Waals surface area contributed by atoms with Crippen LogP contribution in [0.3, 0.4) is 0 Å². The number of rotatable bonds is 7. The lowest BCUT2D eigenvalue weighted by molar-refractivity contribution is 0.0990. The zero-order chi connectivity index (χ0) is 19.3. The van der Waals surface area contributed by atoms with Crippen LogP contribution in [0.15, 0.2) is 11.1 Å². The second-order valence-electron chi connectivity index (χ2n) is 7.50. The van der Waals surface area contributed by atoms with E-state index in [2.05, 4.69) is 23.8 Å². The molecule has 0 aromatic carbocycles. The number of aliphatic imine (C=N–C) groups is 1. The molecular formula is C20H31F2N3O. The Morgan fingerprint density at radius 3 is 2.50 bits per heavy atom. The van der Waals surface area contributed by atoms with Crippen molar-refractivity contribution in [3.63, 3.8) is 0 Å². The molecule has 0 spiro atoms. The number of hydrogen-bond acceptors (Lipinski definition) is 3. The van der Waals surface area contributed by atoms with E-state index in [1.165, 1.54) is 6.07 Å². The fourth-order valence-electron chi connectivity index (χ4n) is 3.24. The van der Waals surface area contributed by atoms with Crippen LogP contribution >= 0.6 is 0 Å². The molecule has 0 saturated heterocycles. The molecule has 6 heteroatoms. The van der Waals surface area contributed by atoms with E-state index >= 15 is 0 Å². The van der Waals surface area contributed by atoms with E-state index in [4.69, 9.17) is 4.74 Å². The van der Waals surface area contributed by atoms with Crippen LogP contribution in [0.5, 0.6) is 5.88 Å². The molecule has 1 heterocycles. The summed E-state index contributed by atoms with van der Waals surface area (Å²) in [5, 5.41) is 0. The minimum atomic E-state index is -2.64. The van der Waals surface area contributed by atoms with Gasteiger partial charge in [0.05, 0.1) is 23.3 Å². The van der Waals surface area contributed by atoms with Crippen LogP contribution in [0.4, 0.5) is 14.5 Å². The van der Waals surface area contributed by atoms with Crippen LogP contribution in [0.2, 0.25) is 0 Å². The van der Waals surface area contributed by atoms with Gasteiger partial charge in [-0.3, -0.25) is 0 Å². The summed E-state index contributed by atoms with van der Waals surface area (Å²) in [6, 6.07) is 1.40. The molecule has 1 fully saturated rings. The quantitative estimate of drug-likeness (QED) is 0.469. The number of hydrogen-bond donors (Lipinski definition) is 0. The van der Waals surface area contributed by atoms with Crippen molar-refractivity contribution in [2.45, 2.75) is 65.9 Å². The molecule has 0 unspecified atom stereocenters. The summed E-state index contributed by atoms with van der Waals surface area (Å²) in [5.74, 6) is 1.42. The normalized spacial score (nSPS) is 21.0. The van der Waals surface area contributed by atoms with Gasteiger partial charge in [0.2, 0.25) is 5.88 Å². The van der Waals surface area contributed by atoms with Gasteiger partial charge in [-0.15, -0.1) is 0 Å². The number of alkyl halides is 2. The molecule has 1 aliphatic carbocycles. The van der Waals surface area contributed by atoms with E-state index in [9.17, 15) is 8.78 Å². The first kappa shape index (κ1) is 20.6. The van der Waals surface area contributed by atoms with Gasteiger partial charge in [0.1, 0.15) is 6.10 Å². The van der Waals surface area contributed by atoms with Crippen LogP contribution in [0.25, 0.3) is 0 Å². The van der Waals surface area contributed by atoms with Gasteiger partial charge in [-0.1, -0.05) is 13.8 Å². The molecule has 2 rings (SSSR count). The Hall–Kier alpha value is -1.72. The Bertz CT molecular complexity index is 611. The Kier molecular flexibility index (Phi) is 7.35. The maximum atomic E-state index is 13.5. The van der Waals surface area contributed by atoms with E-state index in [1.807, 2.05) is 18.9 Å². The van der Waals surface area contributed by atoms with E-state index in [0.29, 0.717) is 23.2 Å². The largest absolute Gasteiger partial charge is 0.474 e. The van der Waals surface area contributed by atoms with Crippen molar-refractivity contribution >= 4 is 12.0 Å². The molecule has 26 heavy (non-hydrogen) atoms. The van der Waals surface area contributed by atoms with Gasteiger partial charge in [0, 0.05) is 13.6 Å². The Labute approximate surface area is 155 Å². The van der Waals surface area contributed by atoms with Crippen LogP contribution in [0.1, 0.15) is 64.1 Å². The molecule has 1 saturated carbocycles. The molecule has 0 amide bonds. The number of aryl methyl sites for hydroxylation is 1. The lowest BCUT2D eigenvalue weighted by Crippen LogP contribution is -2.27. The number of pyridine rings is 1. The Morgan fingerprint density at radius 1 is 1.31 bits per heavy atom. The predicted octanol–water partition coefficient (Wildman–Crippen LogP) is 5.53. The van der Waals surface area contributed by atoms with Gasteiger partial charge < -0.3 is 9.64 Å². The number of halogens is 2. The maximum Gasteiger partial charge on any atom is 0.269 e. The van der Waals surface area contributed by atoms with Gasteiger partial charge in [-0.2, -0.15) is 0 Å². The van der Waals surface area contributed by atoms with Crippen molar-refractivity contribution in [2.24, 2.45) is 16.8 Å². The summed E-state index contributed by atoms with van der Waals surface area (Å²) in [4.78, 5) is 10.5. The molecule has 1 aromatic heterocycles. The summed E-state index contributed by atoms with van der Waals surface area (Å²) in [7, 11) is 1.88. The first-order chi connectivity index (χ1) is 12.3. The topological polar surface area (TPSA) is 37.7 Å². The first-order valence-corrected chi connectivity index (χ1v) is 9.52. The second kappa shape index (κ2) is 9.28. The minimum absolute atomic E-state index is 0.0324. The standard InChI is InChI=1S/C20H31F2N3O/c1-6-25(5)12-23-18-11-17(19(21)22)20(24-14(18)4)26-16-9-7-15(8-10-16)13(2)3/h11-13,15-16,19H,6-10H2,1-5H3. The minimum Gasteiger partial charge on any atom is -0.474 e. The molecule has 0 radical (unpaired) electrons. The summed E-state index contributed by atoms with van der Waals surface area (Å²) in [6.45, 7) is 9.03. The zero-order valence-electron chi connectivity index (χ0n) is 16.5. The third kappa shape index (κ3) is 5.39. The Morgan fingerprint density at radius 2 is 1.96 bits per heavy atom. The monoisotopic (exact) mass is 367 g/mol. The predicted molar refractivity (Wildman–Crippen MR) is 102 cm³/mol. The fraction of sp³-hybridized carbons (Fsp3) is 0.700. The summed E-state index contributed by atoms with van der Waals surface area (Å²) >= 11 is 0. The van der Waals surface area contributed by atoms with Crippen LogP contribution in [-0.2, 0) is 0 Å². The molecule has 0 N–H and O–H groups in total. The highest BCUT2D eigenvalue weighted by atomic mass is 19.3. The maximum absolute atomic E-state index is 13.5. The van der Waals surface area contributed by atoms with Crippen molar-refractivity contribution in [2.75, 3.05) is 13.6 Å². The van der Waals surface area contributed by atoms with Crippen LogP contribution < -0.4 is 4.74 Å². The lowest BCUT2D eigenvalue weighted by Gasteiger charge is -2.31. The van der Waals surface area contributed by atoms with Gasteiger partial charge in [-0.05, 0) is 57.4 Å². The number of aromatic nitrogens is 1. The number of ether oxygens (including phenoxy) is 1. The molecule has 0 bridgehead atoms. The van der Waals surface area contributed by atoms with Crippen molar-refractivity contribution < 1.29 is 13.5 Å². The average molecular weight is 367 g/mol. The molecule has 0 atom stereocenters. The Balaban J connectivity index is 2.15. The highest BCUT2D eigenvalue weighted by Gasteiger charge is 2.27. The van der Waals surface area contributed by atoms with Crippen molar-refractivity contribution in [1.82, 2.24) is 9.88 Å². The third-order valence-electron chi connectivity index (χ3n) is 5.25. The molecule has 1 aromatic rings. The summed E-state index contributed by atoms with van der Waals surface area (Å²) in [6.07, 6.45) is 2.92. The van der Waals surface area contributed by atoms with Crippen molar-refractivity contribution in [3.05, 3.63) is 17.3 Å². The average Bonchev–Trinajstić information content (AvgIpc) is 2.60. The molecule has 1 aliphatic rings. The van der Waals surface area contributed by atoms with E-state index in [0.717, 1.165) is 32.2 Å². The molecule has 146 valence electrons. The van der Waals surface area contributed by atoms with Gasteiger partial charge in [0.25, 0.3) is 6.43 Å². The SMILES string of the molecule is CCN(C)C=Nc1cc(C(F)F)c(OC2CCC(C(C)C)CC2)nc1C. The fourth-order valence-corrected chi connectivity index (χ4v) is 3.24. The smallest absolute Gasteiger partial charge is 0.269 e. The zero-order valence-corrected chi connectivity index (χ0v) is 16.5. The van der Waals surface area contributed by atoms with E-state index in [1.54, 1.807) is 13.3 Å². The summed E-state index contributed by atoms with van der Waals surface area (Å²) < 4.78 is 33.0. The number of nitrogens with zero attached hydrogens (tertiary/aromatic N) is 3. The molecule has 0 aliphatic heterocycles. The van der Waals surface area contributed by atoms with Crippen LogP contribution in [-0.4, -0.2) is 35.9 Å². The van der Waals surface area contributed by atoms with Gasteiger partial charge >= 0.3 is 0 Å².